The highest BCUT2D eigenvalue weighted by atomic mass is 16.6. The first-order valence-corrected chi connectivity index (χ1v) is 12.1. The largest absolute Gasteiger partial charge is 0.497 e. The molecule has 4 rings (SSSR count). The van der Waals surface area contributed by atoms with Gasteiger partial charge < -0.3 is 20.1 Å². The molecule has 3 aromatic rings. The fraction of sp³-hybridized carbons (Fsp3) is 0.370. The molecule has 0 spiro atoms. The Hall–Kier alpha value is -4.05. The summed E-state index contributed by atoms with van der Waals surface area (Å²) in [6.45, 7) is 3.70. The second-order valence-electron chi connectivity index (χ2n) is 9.31. The van der Waals surface area contributed by atoms with Crippen molar-refractivity contribution in [3.8, 4) is 5.75 Å². The summed E-state index contributed by atoms with van der Waals surface area (Å²) in [7, 11) is 1.57. The fourth-order valence-electron chi connectivity index (χ4n) is 3.99. The number of methoxy groups -OCH3 is 1. The molecule has 1 aliphatic rings. The van der Waals surface area contributed by atoms with Gasteiger partial charge in [-0.05, 0) is 43.5 Å². The number of carbonyl (C=O) groups is 3. The summed E-state index contributed by atoms with van der Waals surface area (Å²) in [6.07, 6.45) is 3.58. The molecule has 1 aromatic heterocycles. The SMILES string of the molecule is COc1ccc(C[C@H](NC(=O)[C@H](C)n2ccnn2)C(=O)N[C@@H](Cc2ccccc2)C(=O)[C@@]2(C)CO2)cc1. The average molecular weight is 506 g/mol. The first kappa shape index (κ1) is 26.0. The number of hydrogen-bond donors (Lipinski definition) is 2. The lowest BCUT2D eigenvalue weighted by atomic mass is 9.94. The van der Waals surface area contributed by atoms with Crippen LogP contribution in [0.25, 0.3) is 0 Å². The molecule has 2 amide bonds. The number of carbonyl (C=O) groups excluding carboxylic acids is 3. The molecular weight excluding hydrogens is 474 g/mol. The smallest absolute Gasteiger partial charge is 0.245 e. The molecule has 0 radical (unpaired) electrons. The molecule has 37 heavy (non-hydrogen) atoms. The highest BCUT2D eigenvalue weighted by molar-refractivity contribution is 5.98. The molecule has 0 saturated carbocycles. The minimum Gasteiger partial charge on any atom is -0.497 e. The molecule has 10 heteroatoms. The maximum Gasteiger partial charge on any atom is 0.245 e. The van der Waals surface area contributed by atoms with Gasteiger partial charge in [-0.25, -0.2) is 4.68 Å². The fourth-order valence-corrected chi connectivity index (χ4v) is 3.99. The van der Waals surface area contributed by atoms with E-state index in [0.29, 0.717) is 18.8 Å². The summed E-state index contributed by atoms with van der Waals surface area (Å²) in [5.41, 5.74) is 0.808. The van der Waals surface area contributed by atoms with Crippen molar-refractivity contribution < 1.29 is 23.9 Å². The molecule has 0 bridgehead atoms. The lowest BCUT2D eigenvalue weighted by Crippen LogP contribution is -2.55. The van der Waals surface area contributed by atoms with Crippen molar-refractivity contribution >= 4 is 17.6 Å². The van der Waals surface area contributed by atoms with Gasteiger partial charge in [0.15, 0.2) is 5.78 Å². The Labute approximate surface area is 215 Å². The molecule has 2 heterocycles. The average Bonchev–Trinajstić information content (AvgIpc) is 3.43. The van der Waals surface area contributed by atoms with E-state index in [1.165, 1.54) is 10.9 Å². The van der Waals surface area contributed by atoms with E-state index in [1.807, 2.05) is 42.5 Å². The number of amides is 2. The second-order valence-corrected chi connectivity index (χ2v) is 9.31. The highest BCUT2D eigenvalue weighted by Gasteiger charge is 2.50. The number of epoxide rings is 1. The van der Waals surface area contributed by atoms with Gasteiger partial charge in [-0.3, -0.25) is 14.4 Å². The van der Waals surface area contributed by atoms with Gasteiger partial charge in [0.1, 0.15) is 23.4 Å². The summed E-state index contributed by atoms with van der Waals surface area (Å²) in [6, 6.07) is 14.3. The van der Waals surface area contributed by atoms with Crippen LogP contribution in [0.15, 0.2) is 67.0 Å². The summed E-state index contributed by atoms with van der Waals surface area (Å²) in [5.74, 6) is -0.383. The van der Waals surface area contributed by atoms with Gasteiger partial charge in [-0.1, -0.05) is 47.7 Å². The third-order valence-corrected chi connectivity index (χ3v) is 6.46. The number of ketones is 1. The number of Topliss-reactive ketones (excluding diaryl/α,β-unsaturated/α-hetero) is 1. The number of nitrogens with one attached hydrogen (secondary N) is 2. The van der Waals surface area contributed by atoms with E-state index in [2.05, 4.69) is 20.9 Å². The van der Waals surface area contributed by atoms with Crippen LogP contribution in [0.5, 0.6) is 5.75 Å². The van der Waals surface area contributed by atoms with E-state index >= 15 is 0 Å². The van der Waals surface area contributed by atoms with Crippen molar-refractivity contribution in [3.05, 3.63) is 78.1 Å². The van der Waals surface area contributed by atoms with Crippen LogP contribution in [0.1, 0.15) is 31.0 Å². The van der Waals surface area contributed by atoms with Crippen LogP contribution in [0.2, 0.25) is 0 Å². The van der Waals surface area contributed by atoms with Gasteiger partial charge in [0.05, 0.1) is 26.0 Å². The summed E-state index contributed by atoms with van der Waals surface area (Å²) >= 11 is 0. The number of hydrogen-bond acceptors (Lipinski definition) is 7. The lowest BCUT2D eigenvalue weighted by Gasteiger charge is -2.25. The number of rotatable bonds is 12. The zero-order chi connectivity index (χ0) is 26.4. The van der Waals surface area contributed by atoms with E-state index in [9.17, 15) is 14.4 Å². The predicted octanol–water partition coefficient (Wildman–Crippen LogP) is 1.66. The van der Waals surface area contributed by atoms with Crippen molar-refractivity contribution in [1.82, 2.24) is 25.6 Å². The van der Waals surface area contributed by atoms with Gasteiger partial charge >= 0.3 is 0 Å². The second kappa shape index (κ2) is 11.3. The molecular formula is C27H31N5O5. The Morgan fingerprint density at radius 1 is 1.00 bits per heavy atom. The summed E-state index contributed by atoms with van der Waals surface area (Å²) < 4.78 is 12.0. The first-order chi connectivity index (χ1) is 17.8. The van der Waals surface area contributed by atoms with Crippen LogP contribution in [0, 0.1) is 0 Å². The van der Waals surface area contributed by atoms with E-state index in [4.69, 9.17) is 9.47 Å². The van der Waals surface area contributed by atoms with Crippen LogP contribution in [0.3, 0.4) is 0 Å². The Morgan fingerprint density at radius 3 is 2.22 bits per heavy atom. The molecule has 2 N–H and O–H groups in total. The quantitative estimate of drug-likeness (QED) is 0.358. The Balaban J connectivity index is 1.55. The van der Waals surface area contributed by atoms with Gasteiger partial charge in [-0.15, -0.1) is 5.10 Å². The van der Waals surface area contributed by atoms with Gasteiger partial charge in [0.25, 0.3) is 0 Å². The van der Waals surface area contributed by atoms with Crippen LogP contribution >= 0.6 is 0 Å². The predicted molar refractivity (Wildman–Crippen MR) is 135 cm³/mol. The topological polar surface area (TPSA) is 128 Å². The van der Waals surface area contributed by atoms with Crippen LogP contribution in [0.4, 0.5) is 0 Å². The Morgan fingerprint density at radius 2 is 1.62 bits per heavy atom. The molecule has 1 fully saturated rings. The minimum atomic E-state index is -0.939. The third kappa shape index (κ3) is 6.59. The van der Waals surface area contributed by atoms with Gasteiger partial charge in [0.2, 0.25) is 11.8 Å². The third-order valence-electron chi connectivity index (χ3n) is 6.46. The zero-order valence-electron chi connectivity index (χ0n) is 21.1. The summed E-state index contributed by atoms with van der Waals surface area (Å²) in [4.78, 5) is 39.9. The highest BCUT2D eigenvalue weighted by Crippen LogP contribution is 2.29. The van der Waals surface area contributed by atoms with Crippen LogP contribution in [-0.2, 0) is 32.0 Å². The van der Waals surface area contributed by atoms with E-state index in [0.717, 1.165) is 11.1 Å². The van der Waals surface area contributed by atoms with E-state index in [-0.39, 0.29) is 12.2 Å². The number of ether oxygens (including phenoxy) is 2. The molecule has 0 aliphatic carbocycles. The van der Waals surface area contributed by atoms with Crippen LogP contribution < -0.4 is 15.4 Å². The normalized spacial score (nSPS) is 18.8. The van der Waals surface area contributed by atoms with Crippen LogP contribution in [-0.4, -0.2) is 64.0 Å². The molecule has 1 aliphatic heterocycles. The maximum atomic E-state index is 13.6. The minimum absolute atomic E-state index is 0.199. The van der Waals surface area contributed by atoms with Gasteiger partial charge in [0, 0.05) is 12.6 Å². The molecule has 4 atom stereocenters. The molecule has 2 aromatic carbocycles. The van der Waals surface area contributed by atoms with Gasteiger partial charge in [-0.2, -0.15) is 0 Å². The molecule has 10 nitrogen and oxygen atoms in total. The Kier molecular flexibility index (Phi) is 7.98. The number of benzene rings is 2. The maximum absolute atomic E-state index is 13.6. The Bertz CT molecular complexity index is 1210. The van der Waals surface area contributed by atoms with Crippen molar-refractivity contribution in [3.63, 3.8) is 0 Å². The standard InChI is InChI=1S/C27H31N5O5/c1-18(32-14-13-28-31-32)25(34)30-23(16-20-9-11-21(36-3)12-10-20)26(35)29-22(24(33)27(2)17-37-27)15-19-7-5-4-6-8-19/h4-14,18,22-23H,15-17H2,1-3H3,(H,29,35)(H,30,34)/t18-,22-,23-,27+/m0/s1. The van der Waals surface area contributed by atoms with Crippen molar-refractivity contribution in [2.24, 2.45) is 0 Å². The summed E-state index contributed by atoms with van der Waals surface area (Å²) in [5, 5.41) is 13.3. The van der Waals surface area contributed by atoms with Crippen molar-refractivity contribution in [2.75, 3.05) is 13.7 Å². The monoisotopic (exact) mass is 505 g/mol. The molecule has 1 saturated heterocycles. The van der Waals surface area contributed by atoms with Crippen molar-refractivity contribution in [2.45, 2.75) is 50.4 Å². The number of nitrogens with zero attached hydrogens (tertiary/aromatic N) is 3. The zero-order valence-corrected chi connectivity index (χ0v) is 21.1. The first-order valence-electron chi connectivity index (χ1n) is 12.1. The molecule has 0 unspecified atom stereocenters. The van der Waals surface area contributed by atoms with E-state index < -0.39 is 35.5 Å². The number of aromatic nitrogens is 3. The lowest BCUT2D eigenvalue weighted by molar-refractivity contribution is -0.133. The van der Waals surface area contributed by atoms with E-state index in [1.54, 1.807) is 39.3 Å². The molecule has 194 valence electrons. The van der Waals surface area contributed by atoms with Crippen molar-refractivity contribution in [1.29, 1.82) is 0 Å².